The SMILES string of the molecule is O=C([O-])CN1C(=O)/C(=C\c2ccc(-c3ccccc3)cc2)SC1=S. The van der Waals surface area contributed by atoms with Gasteiger partial charge in [-0.3, -0.25) is 9.69 Å². The second-order valence-electron chi connectivity index (χ2n) is 5.13. The summed E-state index contributed by atoms with van der Waals surface area (Å²) in [6.45, 7) is -0.519. The maximum Gasteiger partial charge on any atom is 0.266 e. The van der Waals surface area contributed by atoms with Crippen molar-refractivity contribution in [2.45, 2.75) is 0 Å². The number of thiocarbonyl (C=S) groups is 1. The number of nitrogens with zero attached hydrogens (tertiary/aromatic N) is 1. The fourth-order valence-electron chi connectivity index (χ4n) is 2.32. The van der Waals surface area contributed by atoms with Gasteiger partial charge in [0, 0.05) is 0 Å². The highest BCUT2D eigenvalue weighted by Crippen LogP contribution is 2.32. The summed E-state index contributed by atoms with van der Waals surface area (Å²) < 4.78 is 0.233. The zero-order chi connectivity index (χ0) is 17.1. The second-order valence-corrected chi connectivity index (χ2v) is 6.80. The number of hydrogen-bond acceptors (Lipinski definition) is 5. The molecule has 0 radical (unpaired) electrons. The van der Waals surface area contributed by atoms with Crippen molar-refractivity contribution in [3.63, 3.8) is 0 Å². The molecule has 2 aromatic carbocycles. The first-order valence-electron chi connectivity index (χ1n) is 7.15. The van der Waals surface area contributed by atoms with Crippen LogP contribution in [0.2, 0.25) is 0 Å². The molecule has 0 unspecified atom stereocenters. The van der Waals surface area contributed by atoms with Crippen molar-refractivity contribution in [1.29, 1.82) is 0 Å². The van der Waals surface area contributed by atoms with Crippen LogP contribution in [0, 0.1) is 0 Å². The van der Waals surface area contributed by atoms with E-state index >= 15 is 0 Å². The van der Waals surface area contributed by atoms with E-state index in [2.05, 4.69) is 0 Å². The Bertz CT molecular complexity index is 829. The highest BCUT2D eigenvalue weighted by atomic mass is 32.2. The summed E-state index contributed by atoms with van der Waals surface area (Å²) in [5.41, 5.74) is 3.05. The molecule has 1 saturated heterocycles. The third-order valence-electron chi connectivity index (χ3n) is 3.48. The van der Waals surface area contributed by atoms with E-state index in [9.17, 15) is 14.7 Å². The number of hydrogen-bond donors (Lipinski definition) is 0. The molecule has 0 atom stereocenters. The van der Waals surface area contributed by atoms with Crippen molar-refractivity contribution < 1.29 is 14.7 Å². The Balaban J connectivity index is 1.81. The summed E-state index contributed by atoms with van der Waals surface area (Å²) in [6.07, 6.45) is 1.71. The first-order valence-corrected chi connectivity index (χ1v) is 8.38. The van der Waals surface area contributed by atoms with Crippen LogP contribution < -0.4 is 5.11 Å². The van der Waals surface area contributed by atoms with E-state index in [-0.39, 0.29) is 4.32 Å². The number of thioether (sulfide) groups is 1. The number of aliphatic carboxylic acids is 1. The fourth-order valence-corrected chi connectivity index (χ4v) is 3.57. The summed E-state index contributed by atoms with van der Waals surface area (Å²) >= 11 is 6.15. The van der Waals surface area contributed by atoms with Gasteiger partial charge in [0.2, 0.25) is 0 Å². The highest BCUT2D eigenvalue weighted by Gasteiger charge is 2.31. The Morgan fingerprint density at radius 2 is 1.71 bits per heavy atom. The maximum atomic E-state index is 12.2. The normalized spacial score (nSPS) is 16.0. The Labute approximate surface area is 148 Å². The molecular weight excluding hydrogens is 342 g/mol. The standard InChI is InChI=1S/C18H13NO3S2/c20-16(21)11-19-17(22)15(24-18(19)23)10-12-6-8-14(9-7-12)13-4-2-1-3-5-13/h1-10H,11H2,(H,20,21)/p-1/b15-10+. The van der Waals surface area contributed by atoms with E-state index in [1.807, 2.05) is 54.6 Å². The molecule has 2 aromatic rings. The number of carbonyl (C=O) groups excluding carboxylic acids is 2. The molecule has 1 amide bonds. The van der Waals surface area contributed by atoms with E-state index in [0.717, 1.165) is 33.4 Å². The molecule has 0 bridgehead atoms. The van der Waals surface area contributed by atoms with Gasteiger partial charge in [0.1, 0.15) is 4.32 Å². The van der Waals surface area contributed by atoms with Gasteiger partial charge in [-0.15, -0.1) is 0 Å². The first kappa shape index (κ1) is 16.4. The molecule has 1 fully saturated rings. The number of rotatable bonds is 4. The molecule has 120 valence electrons. The van der Waals surface area contributed by atoms with Gasteiger partial charge in [0.05, 0.1) is 17.4 Å². The summed E-state index contributed by atoms with van der Waals surface area (Å²) in [6, 6.07) is 17.7. The van der Waals surface area contributed by atoms with Crippen LogP contribution in [0.25, 0.3) is 17.2 Å². The number of carbonyl (C=O) groups is 2. The average molecular weight is 354 g/mol. The molecule has 3 rings (SSSR count). The van der Waals surface area contributed by atoms with Crippen LogP contribution in [0.15, 0.2) is 59.5 Å². The van der Waals surface area contributed by atoms with Crippen molar-refractivity contribution in [1.82, 2.24) is 4.90 Å². The van der Waals surface area contributed by atoms with Crippen LogP contribution in [0.5, 0.6) is 0 Å². The van der Waals surface area contributed by atoms with Crippen molar-refractivity contribution in [3.05, 3.63) is 65.1 Å². The number of carboxylic acids is 1. The average Bonchev–Trinajstić information content (AvgIpc) is 2.83. The summed E-state index contributed by atoms with van der Waals surface area (Å²) in [4.78, 5) is 24.3. The summed E-state index contributed by atoms with van der Waals surface area (Å²) in [7, 11) is 0. The lowest BCUT2D eigenvalue weighted by Gasteiger charge is -2.14. The molecule has 0 saturated carbocycles. The van der Waals surface area contributed by atoms with Crippen LogP contribution in [-0.4, -0.2) is 27.6 Å². The van der Waals surface area contributed by atoms with E-state index < -0.39 is 18.4 Å². The van der Waals surface area contributed by atoms with Crippen LogP contribution in [0.3, 0.4) is 0 Å². The van der Waals surface area contributed by atoms with Gasteiger partial charge >= 0.3 is 0 Å². The van der Waals surface area contributed by atoms with Crippen LogP contribution >= 0.6 is 24.0 Å². The topological polar surface area (TPSA) is 60.4 Å². The third kappa shape index (κ3) is 3.55. The molecule has 6 heteroatoms. The predicted octanol–water partition coefficient (Wildman–Crippen LogP) is 2.30. The number of carboxylic acid groups (broad SMARTS) is 1. The molecule has 0 spiro atoms. The zero-order valence-electron chi connectivity index (χ0n) is 12.5. The van der Waals surface area contributed by atoms with Gasteiger partial charge in [-0.25, -0.2) is 0 Å². The van der Waals surface area contributed by atoms with Gasteiger partial charge in [-0.05, 0) is 22.8 Å². The molecule has 1 aliphatic heterocycles. The minimum Gasteiger partial charge on any atom is -0.548 e. The Morgan fingerprint density at radius 1 is 1.08 bits per heavy atom. The van der Waals surface area contributed by atoms with Crippen molar-refractivity contribution in [2.75, 3.05) is 6.54 Å². The van der Waals surface area contributed by atoms with Gasteiger partial charge in [0.15, 0.2) is 0 Å². The smallest absolute Gasteiger partial charge is 0.266 e. The van der Waals surface area contributed by atoms with E-state index in [0.29, 0.717) is 4.91 Å². The highest BCUT2D eigenvalue weighted by molar-refractivity contribution is 8.26. The lowest BCUT2D eigenvalue weighted by Crippen LogP contribution is -2.40. The second kappa shape index (κ2) is 6.98. The monoisotopic (exact) mass is 354 g/mol. The number of amides is 1. The minimum absolute atomic E-state index is 0.233. The van der Waals surface area contributed by atoms with Crippen LogP contribution in [0.4, 0.5) is 0 Å². The number of benzene rings is 2. The first-order chi connectivity index (χ1) is 11.5. The molecule has 0 N–H and O–H groups in total. The lowest BCUT2D eigenvalue weighted by atomic mass is 10.0. The van der Waals surface area contributed by atoms with Crippen molar-refractivity contribution >= 4 is 46.3 Å². The maximum absolute atomic E-state index is 12.2. The fraction of sp³-hybridized carbons (Fsp3) is 0.0556. The van der Waals surface area contributed by atoms with Crippen LogP contribution in [-0.2, 0) is 9.59 Å². The largest absolute Gasteiger partial charge is 0.548 e. The van der Waals surface area contributed by atoms with Crippen molar-refractivity contribution in [3.8, 4) is 11.1 Å². The van der Waals surface area contributed by atoms with Gasteiger partial charge in [-0.1, -0.05) is 78.6 Å². The third-order valence-corrected chi connectivity index (χ3v) is 4.85. The molecule has 4 nitrogen and oxygen atoms in total. The summed E-state index contributed by atoms with van der Waals surface area (Å²) in [5.74, 6) is -1.74. The lowest BCUT2D eigenvalue weighted by molar-refractivity contribution is -0.305. The van der Waals surface area contributed by atoms with Gasteiger partial charge in [0.25, 0.3) is 5.91 Å². The van der Waals surface area contributed by atoms with E-state index in [4.69, 9.17) is 12.2 Å². The van der Waals surface area contributed by atoms with Gasteiger partial charge in [-0.2, -0.15) is 0 Å². The Hall–Kier alpha value is -2.44. The predicted molar refractivity (Wildman–Crippen MR) is 96.8 cm³/mol. The Kier molecular flexibility index (Phi) is 4.78. The molecule has 0 aromatic heterocycles. The van der Waals surface area contributed by atoms with E-state index in [1.165, 1.54) is 0 Å². The van der Waals surface area contributed by atoms with Crippen molar-refractivity contribution in [2.24, 2.45) is 0 Å². The Morgan fingerprint density at radius 3 is 2.33 bits per heavy atom. The molecule has 1 heterocycles. The summed E-state index contributed by atoms with van der Waals surface area (Å²) in [5, 5.41) is 10.7. The molecule has 24 heavy (non-hydrogen) atoms. The molecular formula is C18H12NO3S2-. The molecule has 1 aliphatic rings. The van der Waals surface area contributed by atoms with Gasteiger partial charge < -0.3 is 9.90 Å². The van der Waals surface area contributed by atoms with Crippen LogP contribution in [0.1, 0.15) is 5.56 Å². The van der Waals surface area contributed by atoms with E-state index in [1.54, 1.807) is 6.08 Å². The molecule has 0 aliphatic carbocycles. The zero-order valence-corrected chi connectivity index (χ0v) is 14.1. The quantitative estimate of drug-likeness (QED) is 0.623. The minimum atomic E-state index is -1.33.